The Hall–Kier alpha value is -1.82. The number of hydrogen-bond donors (Lipinski definition) is 3. The first kappa shape index (κ1) is 13.6. The van der Waals surface area contributed by atoms with E-state index < -0.39 is 5.91 Å². The SMILES string of the molecule is Cn1cc(C(N)=O)cc1C(=O)NC1CCCC1CN. The van der Waals surface area contributed by atoms with E-state index in [9.17, 15) is 9.59 Å². The molecule has 0 bridgehead atoms. The molecule has 1 aliphatic carbocycles. The summed E-state index contributed by atoms with van der Waals surface area (Å²) < 4.78 is 1.61. The van der Waals surface area contributed by atoms with Crippen LogP contribution in [0.1, 0.15) is 40.1 Å². The van der Waals surface area contributed by atoms with Crippen LogP contribution in [0.3, 0.4) is 0 Å². The summed E-state index contributed by atoms with van der Waals surface area (Å²) in [5.74, 6) is -0.365. The first-order valence-electron chi connectivity index (χ1n) is 6.50. The number of amides is 2. The van der Waals surface area contributed by atoms with Gasteiger partial charge in [0.25, 0.3) is 5.91 Å². The second-order valence-electron chi connectivity index (χ2n) is 5.10. The molecule has 0 aromatic carbocycles. The van der Waals surface area contributed by atoms with Crippen molar-refractivity contribution in [2.24, 2.45) is 24.4 Å². The molecule has 19 heavy (non-hydrogen) atoms. The number of carbonyl (C=O) groups excluding carboxylic acids is 2. The van der Waals surface area contributed by atoms with Gasteiger partial charge in [0.1, 0.15) is 5.69 Å². The third-order valence-electron chi connectivity index (χ3n) is 3.80. The average molecular weight is 264 g/mol. The van der Waals surface area contributed by atoms with Crippen LogP contribution in [0.2, 0.25) is 0 Å². The van der Waals surface area contributed by atoms with Crippen molar-refractivity contribution in [3.63, 3.8) is 0 Å². The van der Waals surface area contributed by atoms with E-state index in [1.807, 2.05) is 0 Å². The van der Waals surface area contributed by atoms with Crippen molar-refractivity contribution >= 4 is 11.8 Å². The van der Waals surface area contributed by atoms with E-state index >= 15 is 0 Å². The standard InChI is InChI=1S/C13H20N4O2/c1-17-7-9(12(15)18)5-11(17)13(19)16-10-4-2-3-8(10)6-14/h5,7-8,10H,2-4,6,14H2,1H3,(H2,15,18)(H,16,19). The molecule has 2 rings (SSSR count). The van der Waals surface area contributed by atoms with Crippen molar-refractivity contribution in [3.05, 3.63) is 23.5 Å². The number of nitrogens with zero attached hydrogens (tertiary/aromatic N) is 1. The van der Waals surface area contributed by atoms with Crippen LogP contribution in [0.25, 0.3) is 0 Å². The third kappa shape index (κ3) is 2.78. The Morgan fingerprint density at radius 1 is 1.47 bits per heavy atom. The monoisotopic (exact) mass is 264 g/mol. The maximum absolute atomic E-state index is 12.2. The maximum atomic E-state index is 12.2. The molecule has 1 aliphatic rings. The number of nitrogens with one attached hydrogen (secondary N) is 1. The summed E-state index contributed by atoms with van der Waals surface area (Å²) in [6, 6.07) is 1.65. The molecule has 0 saturated heterocycles. The first-order chi connectivity index (χ1) is 9.02. The van der Waals surface area contributed by atoms with Gasteiger partial charge in [0.2, 0.25) is 5.91 Å². The topological polar surface area (TPSA) is 103 Å². The van der Waals surface area contributed by atoms with Gasteiger partial charge in [0.15, 0.2) is 0 Å². The molecule has 2 amide bonds. The highest BCUT2D eigenvalue weighted by Gasteiger charge is 2.28. The quantitative estimate of drug-likeness (QED) is 0.712. The minimum Gasteiger partial charge on any atom is -0.366 e. The fraction of sp³-hybridized carbons (Fsp3) is 0.538. The Balaban J connectivity index is 2.09. The molecule has 6 heteroatoms. The van der Waals surface area contributed by atoms with Crippen LogP contribution < -0.4 is 16.8 Å². The molecular weight excluding hydrogens is 244 g/mol. The number of rotatable bonds is 4. The van der Waals surface area contributed by atoms with Gasteiger partial charge >= 0.3 is 0 Å². The molecule has 0 radical (unpaired) electrons. The van der Waals surface area contributed by atoms with E-state index in [2.05, 4.69) is 5.32 Å². The molecule has 5 N–H and O–H groups in total. The molecule has 1 heterocycles. The van der Waals surface area contributed by atoms with Gasteiger partial charge in [-0.25, -0.2) is 0 Å². The summed E-state index contributed by atoms with van der Waals surface area (Å²) in [6.45, 7) is 0.588. The largest absolute Gasteiger partial charge is 0.366 e. The van der Waals surface area contributed by atoms with Crippen LogP contribution in [0.15, 0.2) is 12.3 Å². The highest BCUT2D eigenvalue weighted by atomic mass is 16.2. The summed E-state index contributed by atoms with van der Waals surface area (Å²) in [5.41, 5.74) is 11.7. The Kier molecular flexibility index (Phi) is 3.90. The van der Waals surface area contributed by atoms with Gasteiger partial charge in [-0.05, 0) is 31.4 Å². The summed E-state index contributed by atoms with van der Waals surface area (Å²) >= 11 is 0. The Morgan fingerprint density at radius 2 is 2.21 bits per heavy atom. The zero-order valence-corrected chi connectivity index (χ0v) is 11.1. The lowest BCUT2D eigenvalue weighted by Gasteiger charge is -2.19. The van der Waals surface area contributed by atoms with Crippen LogP contribution in [0.5, 0.6) is 0 Å². The summed E-state index contributed by atoms with van der Waals surface area (Å²) in [4.78, 5) is 23.3. The molecule has 0 aliphatic heterocycles. The minimum atomic E-state index is -0.532. The number of aryl methyl sites for hydroxylation is 1. The lowest BCUT2D eigenvalue weighted by molar-refractivity contribution is 0.0920. The molecular formula is C13H20N4O2. The van der Waals surface area contributed by atoms with Gasteiger partial charge in [0, 0.05) is 19.3 Å². The van der Waals surface area contributed by atoms with Crippen LogP contribution in [0.4, 0.5) is 0 Å². The summed E-state index contributed by atoms with van der Waals surface area (Å²) in [7, 11) is 1.72. The molecule has 104 valence electrons. The zero-order valence-electron chi connectivity index (χ0n) is 11.1. The van der Waals surface area contributed by atoms with E-state index in [-0.39, 0.29) is 11.9 Å². The fourth-order valence-corrected chi connectivity index (χ4v) is 2.68. The van der Waals surface area contributed by atoms with Crippen molar-refractivity contribution in [2.75, 3.05) is 6.54 Å². The van der Waals surface area contributed by atoms with Crippen LogP contribution in [-0.4, -0.2) is 29.0 Å². The second-order valence-corrected chi connectivity index (χ2v) is 5.10. The average Bonchev–Trinajstić information content (AvgIpc) is 2.95. The molecule has 2 unspecified atom stereocenters. The molecule has 1 aromatic rings. The third-order valence-corrected chi connectivity index (χ3v) is 3.80. The highest BCUT2D eigenvalue weighted by molar-refractivity contribution is 5.98. The van der Waals surface area contributed by atoms with Crippen molar-refractivity contribution in [2.45, 2.75) is 25.3 Å². The molecule has 2 atom stereocenters. The lowest BCUT2D eigenvalue weighted by Crippen LogP contribution is -2.40. The predicted octanol–water partition coefficient (Wildman–Crippen LogP) is -0.0188. The van der Waals surface area contributed by atoms with Crippen molar-refractivity contribution in [1.29, 1.82) is 0 Å². The van der Waals surface area contributed by atoms with E-state index in [0.29, 0.717) is 23.7 Å². The Bertz CT molecular complexity index is 495. The number of nitrogens with two attached hydrogens (primary N) is 2. The number of primary amides is 1. The highest BCUT2D eigenvalue weighted by Crippen LogP contribution is 2.24. The van der Waals surface area contributed by atoms with Crippen LogP contribution in [-0.2, 0) is 7.05 Å². The van der Waals surface area contributed by atoms with Gasteiger partial charge < -0.3 is 21.4 Å². The maximum Gasteiger partial charge on any atom is 0.268 e. The van der Waals surface area contributed by atoms with E-state index in [1.54, 1.807) is 17.8 Å². The fourth-order valence-electron chi connectivity index (χ4n) is 2.68. The second kappa shape index (κ2) is 5.44. The van der Waals surface area contributed by atoms with Gasteiger partial charge in [-0.15, -0.1) is 0 Å². The minimum absolute atomic E-state index is 0.129. The van der Waals surface area contributed by atoms with Gasteiger partial charge in [-0.1, -0.05) is 6.42 Å². The van der Waals surface area contributed by atoms with Crippen LogP contribution >= 0.6 is 0 Å². The molecule has 1 fully saturated rings. The van der Waals surface area contributed by atoms with Gasteiger partial charge in [-0.3, -0.25) is 9.59 Å². The van der Waals surface area contributed by atoms with E-state index in [1.165, 1.54) is 6.07 Å². The number of carbonyl (C=O) groups is 2. The van der Waals surface area contributed by atoms with Crippen molar-refractivity contribution in [1.82, 2.24) is 9.88 Å². The van der Waals surface area contributed by atoms with Crippen molar-refractivity contribution < 1.29 is 9.59 Å². The Morgan fingerprint density at radius 3 is 2.79 bits per heavy atom. The van der Waals surface area contributed by atoms with Crippen LogP contribution in [0, 0.1) is 5.92 Å². The van der Waals surface area contributed by atoms with Crippen molar-refractivity contribution in [3.8, 4) is 0 Å². The summed E-state index contributed by atoms with van der Waals surface area (Å²) in [6.07, 6.45) is 4.67. The first-order valence-corrected chi connectivity index (χ1v) is 6.50. The smallest absolute Gasteiger partial charge is 0.268 e. The molecule has 1 saturated carbocycles. The predicted molar refractivity (Wildman–Crippen MR) is 71.6 cm³/mol. The van der Waals surface area contributed by atoms with E-state index in [0.717, 1.165) is 19.3 Å². The molecule has 6 nitrogen and oxygen atoms in total. The molecule has 0 spiro atoms. The zero-order chi connectivity index (χ0) is 14.0. The molecule has 1 aromatic heterocycles. The van der Waals surface area contributed by atoms with E-state index in [4.69, 9.17) is 11.5 Å². The number of aromatic nitrogens is 1. The number of hydrogen-bond acceptors (Lipinski definition) is 3. The Labute approximate surface area is 112 Å². The van der Waals surface area contributed by atoms with Gasteiger partial charge in [-0.2, -0.15) is 0 Å². The lowest BCUT2D eigenvalue weighted by atomic mass is 10.0. The summed E-state index contributed by atoms with van der Waals surface area (Å²) in [5, 5.41) is 3.00. The van der Waals surface area contributed by atoms with Gasteiger partial charge in [0.05, 0.1) is 5.56 Å². The normalized spacial score (nSPS) is 22.4.